The number of Topliss-reactive ketones (excluding diaryl/α,β-unsaturated/α-hetero) is 2. The fourth-order valence-electron chi connectivity index (χ4n) is 6.62. The maximum atomic E-state index is 13.9. The van der Waals surface area contributed by atoms with E-state index < -0.39 is 69.7 Å². The molecule has 0 heterocycles. The number of phenolic OH excluding ortho intramolecular Hbond substituents is 1. The first kappa shape index (κ1) is 29.2. The standard InChI is InChI=1S/C32H34N2O8/c1-30(2,3)16-11-9-15(10-12-16)13-18-17-7-6-8-20(35)21(17)24(36)22-19(18)14-31(41)26(34(4)5)25(37)23(29(33)40)28(39)32(31,42)27(22)38/h6-13,19,26,35,37-38,41-42H,14H2,1-5H3,(H2,33,40)/b18-13+/t19-,26-,31-,32+/m1/s1. The molecule has 0 aliphatic heterocycles. The van der Waals surface area contributed by atoms with E-state index in [1.165, 1.54) is 25.1 Å². The number of ketones is 2. The molecule has 0 fully saturated rings. The predicted molar refractivity (Wildman–Crippen MR) is 154 cm³/mol. The lowest BCUT2D eigenvalue weighted by atomic mass is 9.55. The minimum absolute atomic E-state index is 0.103. The van der Waals surface area contributed by atoms with E-state index in [2.05, 4.69) is 20.8 Å². The molecule has 42 heavy (non-hydrogen) atoms. The summed E-state index contributed by atoms with van der Waals surface area (Å²) in [6.45, 7) is 6.24. The van der Waals surface area contributed by atoms with E-state index in [4.69, 9.17) is 5.73 Å². The number of aromatic hydroxyl groups is 1. The van der Waals surface area contributed by atoms with Crippen LogP contribution in [-0.2, 0) is 15.0 Å². The van der Waals surface area contributed by atoms with Crippen molar-refractivity contribution >= 4 is 29.1 Å². The van der Waals surface area contributed by atoms with Crippen LogP contribution in [0.4, 0.5) is 0 Å². The van der Waals surface area contributed by atoms with Crippen LogP contribution >= 0.6 is 0 Å². The number of carbonyl (C=O) groups is 3. The molecular formula is C32H34N2O8. The van der Waals surface area contributed by atoms with Gasteiger partial charge in [-0.25, -0.2) is 0 Å². The Labute approximate surface area is 242 Å². The molecule has 4 atom stereocenters. The highest BCUT2D eigenvalue weighted by Gasteiger charge is 2.71. The molecular weight excluding hydrogens is 540 g/mol. The summed E-state index contributed by atoms with van der Waals surface area (Å²) in [5, 5.41) is 57.4. The van der Waals surface area contributed by atoms with Crippen LogP contribution in [0.2, 0.25) is 0 Å². The first-order chi connectivity index (χ1) is 19.5. The molecule has 0 aromatic heterocycles. The van der Waals surface area contributed by atoms with Crippen LogP contribution in [0.25, 0.3) is 11.6 Å². The number of nitrogens with two attached hydrogens (primary N) is 1. The Morgan fingerprint density at radius 2 is 1.64 bits per heavy atom. The highest BCUT2D eigenvalue weighted by atomic mass is 16.4. The third kappa shape index (κ3) is 3.86. The number of likely N-dealkylation sites (N-methyl/N-ethyl adjacent to an activating group) is 1. The number of aliphatic hydroxyl groups excluding tert-OH is 2. The van der Waals surface area contributed by atoms with Crippen LogP contribution in [0.3, 0.4) is 0 Å². The summed E-state index contributed by atoms with van der Waals surface area (Å²) in [6.07, 6.45) is 1.24. The quantitative estimate of drug-likeness (QED) is 0.300. The number of aliphatic hydroxyl groups is 4. The van der Waals surface area contributed by atoms with Crippen molar-refractivity contribution in [1.82, 2.24) is 4.90 Å². The molecule has 0 unspecified atom stereocenters. The molecule has 2 aromatic carbocycles. The zero-order chi connectivity index (χ0) is 31.1. The van der Waals surface area contributed by atoms with Gasteiger partial charge in [0, 0.05) is 11.5 Å². The van der Waals surface area contributed by atoms with E-state index in [1.54, 1.807) is 18.2 Å². The normalized spacial score (nSPS) is 28.6. The second-order valence-corrected chi connectivity index (χ2v) is 12.5. The Bertz CT molecular complexity index is 1640. The van der Waals surface area contributed by atoms with Crippen molar-refractivity contribution < 1.29 is 39.9 Å². The van der Waals surface area contributed by atoms with Gasteiger partial charge in [-0.2, -0.15) is 0 Å². The van der Waals surface area contributed by atoms with Crippen LogP contribution in [0.5, 0.6) is 5.75 Å². The van der Waals surface area contributed by atoms with Crippen molar-refractivity contribution in [1.29, 1.82) is 0 Å². The van der Waals surface area contributed by atoms with Crippen molar-refractivity contribution in [3.8, 4) is 5.75 Å². The van der Waals surface area contributed by atoms with Gasteiger partial charge in [-0.15, -0.1) is 0 Å². The van der Waals surface area contributed by atoms with Gasteiger partial charge in [0.05, 0.1) is 5.56 Å². The Morgan fingerprint density at radius 1 is 1.02 bits per heavy atom. The summed E-state index contributed by atoms with van der Waals surface area (Å²) in [5.74, 6) is -7.25. The smallest absolute Gasteiger partial charge is 0.255 e. The molecule has 2 aromatic rings. The second-order valence-electron chi connectivity index (χ2n) is 12.5. The van der Waals surface area contributed by atoms with Gasteiger partial charge in [-0.05, 0) is 54.3 Å². The fourth-order valence-corrected chi connectivity index (χ4v) is 6.62. The van der Waals surface area contributed by atoms with Crippen LogP contribution in [0.15, 0.2) is 65.1 Å². The number of hydrogen-bond acceptors (Lipinski definition) is 9. The number of carbonyl (C=O) groups excluding carboxylic acids is 3. The summed E-state index contributed by atoms with van der Waals surface area (Å²) in [7, 11) is 2.88. The Balaban J connectivity index is 1.82. The van der Waals surface area contributed by atoms with E-state index in [1.807, 2.05) is 24.3 Å². The number of nitrogens with zero attached hydrogens (tertiary/aromatic N) is 1. The van der Waals surface area contributed by atoms with Crippen LogP contribution in [0.1, 0.15) is 54.2 Å². The second kappa shape index (κ2) is 9.38. The minimum Gasteiger partial charge on any atom is -0.510 e. The van der Waals surface area contributed by atoms with Gasteiger partial charge in [-0.3, -0.25) is 19.3 Å². The minimum atomic E-state index is -3.21. The largest absolute Gasteiger partial charge is 0.510 e. The zero-order valence-electron chi connectivity index (χ0n) is 24.0. The summed E-state index contributed by atoms with van der Waals surface area (Å²) in [4.78, 5) is 41.0. The first-order valence-corrected chi connectivity index (χ1v) is 13.5. The van der Waals surface area contributed by atoms with Gasteiger partial charge in [0.25, 0.3) is 5.91 Å². The molecule has 1 amide bonds. The number of hydrogen-bond donors (Lipinski definition) is 6. The molecule has 0 saturated heterocycles. The number of amides is 1. The predicted octanol–water partition coefficient (Wildman–Crippen LogP) is 2.53. The lowest BCUT2D eigenvalue weighted by Crippen LogP contribution is -2.75. The van der Waals surface area contributed by atoms with Crippen LogP contribution < -0.4 is 5.73 Å². The van der Waals surface area contributed by atoms with E-state index >= 15 is 0 Å². The average Bonchev–Trinajstić information content (AvgIpc) is 2.88. The van der Waals surface area contributed by atoms with Crippen molar-refractivity contribution in [3.63, 3.8) is 0 Å². The van der Waals surface area contributed by atoms with Crippen LogP contribution in [-0.4, -0.2) is 79.2 Å². The number of fused-ring (bicyclic) bond motifs is 3. The Kier molecular flexibility index (Phi) is 6.53. The SMILES string of the molecule is CN(C)[C@@H]1C(O)=C(C(N)=O)C(=O)[C@@]2(O)C(O)=C3C(=O)c4c(O)cccc4/C(=C\c4ccc(C(C)(C)C)cc4)[C@H]3C[C@@]12O. The number of phenols is 1. The number of rotatable bonds is 3. The maximum Gasteiger partial charge on any atom is 0.255 e. The number of allylic oxidation sites excluding steroid dienone is 2. The van der Waals surface area contributed by atoms with E-state index in [0.717, 1.165) is 11.1 Å². The summed E-state index contributed by atoms with van der Waals surface area (Å²) >= 11 is 0. The Hall–Kier alpha value is -4.25. The van der Waals surface area contributed by atoms with Gasteiger partial charge in [0.15, 0.2) is 5.78 Å². The molecule has 10 nitrogen and oxygen atoms in total. The van der Waals surface area contributed by atoms with Gasteiger partial charge in [0.2, 0.25) is 11.4 Å². The van der Waals surface area contributed by atoms with E-state index in [0.29, 0.717) is 11.1 Å². The maximum absolute atomic E-state index is 13.9. The van der Waals surface area contributed by atoms with E-state index in [-0.39, 0.29) is 16.7 Å². The highest BCUT2D eigenvalue weighted by Crippen LogP contribution is 2.57. The molecule has 3 aliphatic rings. The summed E-state index contributed by atoms with van der Waals surface area (Å²) in [5.41, 5.74) is 0.465. The van der Waals surface area contributed by atoms with Gasteiger partial charge < -0.3 is 31.3 Å². The molecule has 0 spiro atoms. The topological polar surface area (TPSA) is 182 Å². The summed E-state index contributed by atoms with van der Waals surface area (Å²) in [6, 6.07) is 10.6. The van der Waals surface area contributed by atoms with Gasteiger partial charge >= 0.3 is 0 Å². The monoisotopic (exact) mass is 574 g/mol. The molecule has 0 radical (unpaired) electrons. The first-order valence-electron chi connectivity index (χ1n) is 13.5. The molecule has 7 N–H and O–H groups in total. The molecule has 10 heteroatoms. The van der Waals surface area contributed by atoms with Gasteiger partial charge in [-0.1, -0.05) is 63.2 Å². The Morgan fingerprint density at radius 3 is 2.19 bits per heavy atom. The number of benzene rings is 2. The lowest BCUT2D eigenvalue weighted by Gasteiger charge is -2.55. The molecule has 0 saturated carbocycles. The van der Waals surface area contributed by atoms with E-state index in [9.17, 15) is 39.9 Å². The number of primary amides is 1. The third-order valence-corrected chi connectivity index (χ3v) is 8.67. The molecule has 5 rings (SSSR count). The average molecular weight is 575 g/mol. The van der Waals surface area contributed by atoms with Crippen molar-refractivity contribution in [2.24, 2.45) is 11.7 Å². The zero-order valence-corrected chi connectivity index (χ0v) is 24.0. The third-order valence-electron chi connectivity index (χ3n) is 8.67. The lowest BCUT2D eigenvalue weighted by molar-refractivity contribution is -0.197. The van der Waals surface area contributed by atoms with Crippen molar-refractivity contribution in [2.75, 3.05) is 14.1 Å². The molecule has 0 bridgehead atoms. The summed E-state index contributed by atoms with van der Waals surface area (Å²) < 4.78 is 0. The highest BCUT2D eigenvalue weighted by molar-refractivity contribution is 6.26. The molecule has 3 aliphatic carbocycles. The van der Waals surface area contributed by atoms with Crippen molar-refractivity contribution in [2.45, 2.75) is 49.9 Å². The van der Waals surface area contributed by atoms with Gasteiger partial charge in [0.1, 0.15) is 34.5 Å². The molecule has 220 valence electrons. The fraction of sp³-hybridized carbons (Fsp3) is 0.344. The van der Waals surface area contributed by atoms with Crippen LogP contribution in [0, 0.1) is 5.92 Å². The van der Waals surface area contributed by atoms with Crippen molar-refractivity contribution in [3.05, 3.63) is 87.4 Å².